The summed E-state index contributed by atoms with van der Waals surface area (Å²) >= 11 is 0. The number of hydrogen-bond donors (Lipinski definition) is 1. The van der Waals surface area contributed by atoms with E-state index < -0.39 is 0 Å². The highest BCUT2D eigenvalue weighted by molar-refractivity contribution is 5.27. The van der Waals surface area contributed by atoms with Crippen LogP contribution in [0.15, 0.2) is 48.5 Å². The highest BCUT2D eigenvalue weighted by atomic mass is 19.1. The van der Waals surface area contributed by atoms with Gasteiger partial charge in [-0.25, -0.2) is 4.39 Å². The molecule has 2 aromatic carbocycles. The lowest BCUT2D eigenvalue weighted by Crippen LogP contribution is -2.27. The largest absolute Gasteiger partial charge is 0.309 e. The Balaban J connectivity index is 1.97. The summed E-state index contributed by atoms with van der Waals surface area (Å²) in [7, 11) is 0. The topological polar surface area (TPSA) is 12.0 Å². The maximum Gasteiger partial charge on any atom is 0.123 e. The molecule has 1 unspecified atom stereocenters. The SMILES string of the molecule is Cc1cc(F)ccc1CCNC(c1ccccc1)C(C)C. The molecule has 112 valence electrons. The maximum atomic E-state index is 13.1. The number of halogens is 1. The van der Waals surface area contributed by atoms with Gasteiger partial charge in [0.15, 0.2) is 0 Å². The van der Waals surface area contributed by atoms with Gasteiger partial charge in [-0.3, -0.25) is 0 Å². The van der Waals surface area contributed by atoms with Gasteiger partial charge >= 0.3 is 0 Å². The average Bonchev–Trinajstić information content (AvgIpc) is 2.46. The second-order valence-corrected chi connectivity index (χ2v) is 5.91. The molecule has 0 amide bonds. The molecule has 0 bridgehead atoms. The van der Waals surface area contributed by atoms with E-state index in [0.29, 0.717) is 12.0 Å². The Morgan fingerprint density at radius 1 is 1.05 bits per heavy atom. The second kappa shape index (κ2) is 7.37. The first-order valence-corrected chi connectivity index (χ1v) is 7.61. The number of hydrogen-bond acceptors (Lipinski definition) is 1. The van der Waals surface area contributed by atoms with Crippen LogP contribution in [0.25, 0.3) is 0 Å². The third-order valence-corrected chi connectivity index (χ3v) is 3.89. The van der Waals surface area contributed by atoms with Crippen LogP contribution in [0.5, 0.6) is 0 Å². The molecule has 0 aromatic heterocycles. The zero-order valence-corrected chi connectivity index (χ0v) is 13.1. The standard InChI is InChI=1S/C19H24FN/c1-14(2)19(17-7-5-4-6-8-17)21-12-11-16-9-10-18(20)13-15(16)3/h4-10,13-14,19,21H,11-12H2,1-3H3. The van der Waals surface area contributed by atoms with E-state index in [0.717, 1.165) is 18.5 Å². The normalized spacial score (nSPS) is 12.6. The number of rotatable bonds is 6. The third-order valence-electron chi connectivity index (χ3n) is 3.89. The summed E-state index contributed by atoms with van der Waals surface area (Å²) in [6, 6.07) is 15.9. The summed E-state index contributed by atoms with van der Waals surface area (Å²) in [6.45, 7) is 7.32. The van der Waals surface area contributed by atoms with Gasteiger partial charge in [0.2, 0.25) is 0 Å². The monoisotopic (exact) mass is 285 g/mol. The van der Waals surface area contributed by atoms with E-state index in [1.54, 1.807) is 12.1 Å². The summed E-state index contributed by atoms with van der Waals surface area (Å²) in [6.07, 6.45) is 0.919. The van der Waals surface area contributed by atoms with Crippen molar-refractivity contribution < 1.29 is 4.39 Å². The van der Waals surface area contributed by atoms with Crippen molar-refractivity contribution in [3.05, 3.63) is 71.0 Å². The molecule has 2 rings (SSSR count). The van der Waals surface area contributed by atoms with Gasteiger partial charge < -0.3 is 5.32 Å². The van der Waals surface area contributed by atoms with E-state index in [9.17, 15) is 4.39 Å². The summed E-state index contributed by atoms with van der Waals surface area (Å²) in [5.41, 5.74) is 3.56. The van der Waals surface area contributed by atoms with Crippen LogP contribution in [0.4, 0.5) is 4.39 Å². The summed E-state index contributed by atoms with van der Waals surface area (Å²) in [5, 5.41) is 3.63. The molecule has 0 fully saturated rings. The van der Waals surface area contributed by atoms with Crippen molar-refractivity contribution in [2.75, 3.05) is 6.54 Å². The van der Waals surface area contributed by atoms with Crippen molar-refractivity contribution in [2.24, 2.45) is 5.92 Å². The molecular weight excluding hydrogens is 261 g/mol. The minimum Gasteiger partial charge on any atom is -0.309 e. The van der Waals surface area contributed by atoms with E-state index in [1.165, 1.54) is 11.1 Å². The Morgan fingerprint density at radius 3 is 2.38 bits per heavy atom. The van der Waals surface area contributed by atoms with Crippen molar-refractivity contribution >= 4 is 0 Å². The molecule has 2 aromatic rings. The Bertz CT molecular complexity index is 563. The summed E-state index contributed by atoms with van der Waals surface area (Å²) in [5.74, 6) is 0.371. The lowest BCUT2D eigenvalue weighted by Gasteiger charge is -2.23. The van der Waals surface area contributed by atoms with E-state index in [4.69, 9.17) is 0 Å². The molecule has 0 spiro atoms. The Kier molecular flexibility index (Phi) is 5.51. The molecule has 0 aliphatic rings. The molecule has 1 N–H and O–H groups in total. The van der Waals surface area contributed by atoms with Gasteiger partial charge in [-0.2, -0.15) is 0 Å². The quantitative estimate of drug-likeness (QED) is 0.813. The lowest BCUT2D eigenvalue weighted by atomic mass is 9.95. The molecule has 0 heterocycles. The van der Waals surface area contributed by atoms with Gasteiger partial charge in [0.25, 0.3) is 0 Å². The molecule has 0 saturated heterocycles. The lowest BCUT2D eigenvalue weighted by molar-refractivity contribution is 0.414. The van der Waals surface area contributed by atoms with Gasteiger partial charge in [0.05, 0.1) is 0 Å². The Labute approximate surface area is 127 Å². The van der Waals surface area contributed by atoms with Gasteiger partial charge in [-0.15, -0.1) is 0 Å². The first kappa shape index (κ1) is 15.7. The molecule has 2 heteroatoms. The Morgan fingerprint density at radius 2 is 1.76 bits per heavy atom. The predicted molar refractivity (Wildman–Crippen MR) is 86.9 cm³/mol. The fourth-order valence-corrected chi connectivity index (χ4v) is 2.70. The van der Waals surface area contributed by atoms with Crippen molar-refractivity contribution in [1.29, 1.82) is 0 Å². The number of aryl methyl sites for hydroxylation is 1. The van der Waals surface area contributed by atoms with Crippen LogP contribution < -0.4 is 5.32 Å². The van der Waals surface area contributed by atoms with Gasteiger partial charge in [-0.1, -0.05) is 50.2 Å². The minimum atomic E-state index is -0.159. The molecule has 21 heavy (non-hydrogen) atoms. The van der Waals surface area contributed by atoms with Gasteiger partial charge in [0.1, 0.15) is 5.82 Å². The number of nitrogens with one attached hydrogen (secondary N) is 1. The maximum absolute atomic E-state index is 13.1. The van der Waals surface area contributed by atoms with E-state index in [-0.39, 0.29) is 5.82 Å². The van der Waals surface area contributed by atoms with Crippen molar-refractivity contribution in [2.45, 2.75) is 33.2 Å². The first-order valence-electron chi connectivity index (χ1n) is 7.61. The van der Waals surface area contributed by atoms with Crippen LogP contribution in [0.3, 0.4) is 0 Å². The van der Waals surface area contributed by atoms with Crippen molar-refractivity contribution in [1.82, 2.24) is 5.32 Å². The number of benzene rings is 2. The van der Waals surface area contributed by atoms with Gasteiger partial charge in [-0.05, 0) is 54.6 Å². The van der Waals surface area contributed by atoms with E-state index >= 15 is 0 Å². The zero-order valence-electron chi connectivity index (χ0n) is 13.1. The highest BCUT2D eigenvalue weighted by Gasteiger charge is 2.14. The molecule has 0 aliphatic carbocycles. The third kappa shape index (κ3) is 4.40. The molecule has 1 nitrogen and oxygen atoms in total. The molecule has 0 radical (unpaired) electrons. The van der Waals surface area contributed by atoms with Crippen LogP contribution in [0.1, 0.15) is 36.6 Å². The predicted octanol–water partition coefficient (Wildman–Crippen LogP) is 4.66. The van der Waals surface area contributed by atoms with Crippen LogP contribution in [0, 0.1) is 18.7 Å². The van der Waals surface area contributed by atoms with Crippen LogP contribution in [-0.4, -0.2) is 6.54 Å². The molecule has 0 aliphatic heterocycles. The smallest absolute Gasteiger partial charge is 0.123 e. The van der Waals surface area contributed by atoms with Crippen LogP contribution in [0.2, 0.25) is 0 Å². The second-order valence-electron chi connectivity index (χ2n) is 5.91. The minimum absolute atomic E-state index is 0.159. The van der Waals surface area contributed by atoms with Crippen LogP contribution >= 0.6 is 0 Å². The molecule has 1 atom stereocenters. The molecular formula is C19H24FN. The van der Waals surface area contributed by atoms with Crippen molar-refractivity contribution in [3.8, 4) is 0 Å². The first-order chi connectivity index (χ1) is 10.1. The summed E-state index contributed by atoms with van der Waals surface area (Å²) in [4.78, 5) is 0. The Hall–Kier alpha value is -1.67. The zero-order chi connectivity index (χ0) is 15.2. The van der Waals surface area contributed by atoms with Gasteiger partial charge in [0, 0.05) is 6.04 Å². The fourth-order valence-electron chi connectivity index (χ4n) is 2.70. The fraction of sp³-hybridized carbons (Fsp3) is 0.368. The summed E-state index contributed by atoms with van der Waals surface area (Å²) < 4.78 is 13.1. The average molecular weight is 285 g/mol. The van der Waals surface area contributed by atoms with Crippen LogP contribution in [-0.2, 0) is 6.42 Å². The van der Waals surface area contributed by atoms with Crippen molar-refractivity contribution in [3.63, 3.8) is 0 Å². The molecule has 0 saturated carbocycles. The van der Waals surface area contributed by atoms with E-state index in [1.807, 2.05) is 19.1 Å². The highest BCUT2D eigenvalue weighted by Crippen LogP contribution is 2.21. The van der Waals surface area contributed by atoms with E-state index in [2.05, 4.69) is 43.4 Å².